The average molecular weight is 355 g/mol. The third-order valence-corrected chi connectivity index (χ3v) is 5.74. The maximum atomic E-state index is 12.9. The highest BCUT2D eigenvalue weighted by Gasteiger charge is 2.26. The van der Waals surface area contributed by atoms with Crippen molar-refractivity contribution >= 4 is 33.3 Å². The Labute approximate surface area is 149 Å². The Kier molecular flexibility index (Phi) is 4.36. The van der Waals surface area contributed by atoms with Gasteiger partial charge in [0.1, 0.15) is 5.82 Å². The second-order valence-electron chi connectivity index (χ2n) is 6.22. The molecule has 0 radical (unpaired) electrons. The molecule has 2 aromatic carbocycles. The zero-order valence-electron chi connectivity index (χ0n) is 13.6. The quantitative estimate of drug-likeness (QED) is 0.714. The molecule has 1 N–H and O–H groups in total. The summed E-state index contributed by atoms with van der Waals surface area (Å²) in [5, 5.41) is 3.99. The van der Waals surface area contributed by atoms with Crippen LogP contribution in [0.4, 0.5) is 14.9 Å². The van der Waals surface area contributed by atoms with Crippen molar-refractivity contribution in [2.45, 2.75) is 18.8 Å². The van der Waals surface area contributed by atoms with Gasteiger partial charge in [-0.25, -0.2) is 14.2 Å². The van der Waals surface area contributed by atoms with E-state index in [0.717, 1.165) is 18.4 Å². The molecular formula is C19H18FN3OS. The molecule has 4 nitrogen and oxygen atoms in total. The van der Waals surface area contributed by atoms with Crippen LogP contribution in [0.3, 0.4) is 0 Å². The molecule has 1 aromatic heterocycles. The third kappa shape index (κ3) is 3.49. The van der Waals surface area contributed by atoms with Crippen LogP contribution in [0.5, 0.6) is 0 Å². The molecule has 3 aromatic rings. The van der Waals surface area contributed by atoms with Crippen molar-refractivity contribution in [3.8, 4) is 0 Å². The van der Waals surface area contributed by atoms with Crippen molar-refractivity contribution in [3.05, 3.63) is 59.4 Å². The van der Waals surface area contributed by atoms with E-state index in [1.54, 1.807) is 23.5 Å². The number of fused-ring (bicyclic) bond motifs is 1. The van der Waals surface area contributed by atoms with Gasteiger partial charge in [0, 0.05) is 24.7 Å². The number of urea groups is 1. The smallest absolute Gasteiger partial charge is 0.321 e. The summed E-state index contributed by atoms with van der Waals surface area (Å²) < 4.78 is 14.1. The molecule has 1 fully saturated rings. The second-order valence-corrected chi connectivity index (χ2v) is 7.28. The summed E-state index contributed by atoms with van der Waals surface area (Å²) in [6.45, 7) is 1.40. The van der Waals surface area contributed by atoms with Crippen LogP contribution in [-0.4, -0.2) is 29.0 Å². The number of carbonyl (C=O) groups is 1. The van der Waals surface area contributed by atoms with Gasteiger partial charge in [-0.1, -0.05) is 12.1 Å². The summed E-state index contributed by atoms with van der Waals surface area (Å²) in [6.07, 6.45) is 1.83. The molecule has 1 aliphatic heterocycles. The summed E-state index contributed by atoms with van der Waals surface area (Å²) >= 11 is 1.75. The van der Waals surface area contributed by atoms with E-state index in [0.29, 0.717) is 24.7 Å². The van der Waals surface area contributed by atoms with Crippen LogP contribution in [0.2, 0.25) is 0 Å². The van der Waals surface area contributed by atoms with Crippen molar-refractivity contribution in [2.24, 2.45) is 0 Å². The number of amides is 2. The Morgan fingerprint density at radius 2 is 1.84 bits per heavy atom. The van der Waals surface area contributed by atoms with E-state index in [-0.39, 0.29) is 11.8 Å². The summed E-state index contributed by atoms with van der Waals surface area (Å²) in [7, 11) is 0. The van der Waals surface area contributed by atoms with Gasteiger partial charge in [-0.15, -0.1) is 11.3 Å². The van der Waals surface area contributed by atoms with Crippen LogP contribution in [0.15, 0.2) is 48.5 Å². The molecule has 0 bridgehead atoms. The Morgan fingerprint density at radius 3 is 2.56 bits per heavy atom. The van der Waals surface area contributed by atoms with Gasteiger partial charge < -0.3 is 10.2 Å². The molecule has 0 atom stereocenters. The number of benzene rings is 2. The number of piperidine rings is 1. The minimum atomic E-state index is -0.311. The largest absolute Gasteiger partial charge is 0.324 e. The predicted molar refractivity (Wildman–Crippen MR) is 98.6 cm³/mol. The lowest BCUT2D eigenvalue weighted by Crippen LogP contribution is -2.40. The number of nitrogens with zero attached hydrogens (tertiary/aromatic N) is 2. The number of carbonyl (C=O) groups excluding carboxylic acids is 1. The molecule has 2 amide bonds. The average Bonchev–Trinajstić information content (AvgIpc) is 3.08. The number of likely N-dealkylation sites (tertiary alicyclic amines) is 1. The van der Waals surface area contributed by atoms with Crippen LogP contribution >= 0.6 is 11.3 Å². The molecular weight excluding hydrogens is 337 g/mol. The highest BCUT2D eigenvalue weighted by atomic mass is 32.1. The Balaban J connectivity index is 1.37. The lowest BCUT2D eigenvalue weighted by atomic mass is 9.98. The predicted octanol–water partition coefficient (Wildman–Crippen LogP) is 4.85. The van der Waals surface area contributed by atoms with Crippen LogP contribution in [0.1, 0.15) is 23.8 Å². The van der Waals surface area contributed by atoms with Crippen LogP contribution in [0.25, 0.3) is 10.2 Å². The first-order chi connectivity index (χ1) is 12.2. The van der Waals surface area contributed by atoms with Crippen molar-refractivity contribution in [1.82, 2.24) is 9.88 Å². The lowest BCUT2D eigenvalue weighted by molar-refractivity contribution is 0.194. The number of aromatic nitrogens is 1. The van der Waals surface area contributed by atoms with Crippen molar-refractivity contribution in [3.63, 3.8) is 0 Å². The number of hydrogen-bond acceptors (Lipinski definition) is 3. The van der Waals surface area contributed by atoms with Gasteiger partial charge >= 0.3 is 6.03 Å². The molecule has 0 spiro atoms. The molecule has 0 aliphatic carbocycles. The summed E-state index contributed by atoms with van der Waals surface area (Å²) in [5.74, 6) is 0.0990. The fourth-order valence-electron chi connectivity index (χ4n) is 3.13. The molecule has 4 rings (SSSR count). The molecule has 0 saturated carbocycles. The van der Waals surface area contributed by atoms with Crippen LogP contribution in [0, 0.1) is 5.82 Å². The number of hydrogen-bond donors (Lipinski definition) is 1. The number of para-hydroxylation sites is 1. The van der Waals surface area contributed by atoms with Gasteiger partial charge in [-0.2, -0.15) is 0 Å². The van der Waals surface area contributed by atoms with E-state index in [1.807, 2.05) is 23.1 Å². The first-order valence-corrected chi connectivity index (χ1v) is 9.18. The van der Waals surface area contributed by atoms with Gasteiger partial charge in [0.05, 0.1) is 15.2 Å². The van der Waals surface area contributed by atoms with E-state index < -0.39 is 0 Å². The van der Waals surface area contributed by atoms with Crippen LogP contribution in [-0.2, 0) is 0 Å². The first kappa shape index (κ1) is 16.0. The normalized spacial score (nSPS) is 15.5. The summed E-state index contributed by atoms with van der Waals surface area (Å²) in [5.41, 5.74) is 1.67. The number of nitrogens with one attached hydrogen (secondary N) is 1. The van der Waals surface area contributed by atoms with Crippen molar-refractivity contribution < 1.29 is 9.18 Å². The maximum absolute atomic E-state index is 12.9. The first-order valence-electron chi connectivity index (χ1n) is 8.36. The van der Waals surface area contributed by atoms with E-state index in [1.165, 1.54) is 21.8 Å². The number of halogens is 1. The van der Waals surface area contributed by atoms with Gasteiger partial charge in [-0.3, -0.25) is 0 Å². The van der Waals surface area contributed by atoms with Gasteiger partial charge in [0.2, 0.25) is 0 Å². The van der Waals surface area contributed by atoms with Crippen molar-refractivity contribution in [1.29, 1.82) is 0 Å². The molecule has 1 aliphatic rings. The van der Waals surface area contributed by atoms with E-state index in [2.05, 4.69) is 11.4 Å². The topological polar surface area (TPSA) is 45.2 Å². The number of anilines is 1. The van der Waals surface area contributed by atoms with Gasteiger partial charge in [-0.05, 0) is 49.2 Å². The molecule has 0 unspecified atom stereocenters. The Bertz CT molecular complexity index is 852. The standard InChI is InChI=1S/C19H18FN3OS/c20-14-5-7-15(8-6-14)21-19(24)23-11-9-13(10-12-23)18-22-16-3-1-2-4-17(16)25-18/h1-8,13H,9-12H2,(H,21,24). The second kappa shape index (κ2) is 6.80. The van der Waals surface area contributed by atoms with E-state index >= 15 is 0 Å². The van der Waals surface area contributed by atoms with E-state index in [9.17, 15) is 9.18 Å². The molecule has 25 heavy (non-hydrogen) atoms. The Hall–Kier alpha value is -2.47. The highest BCUT2D eigenvalue weighted by Crippen LogP contribution is 2.33. The zero-order valence-corrected chi connectivity index (χ0v) is 14.4. The third-order valence-electron chi connectivity index (χ3n) is 4.54. The summed E-state index contributed by atoms with van der Waals surface area (Å²) in [6, 6.07) is 13.9. The number of thiazole rings is 1. The van der Waals surface area contributed by atoms with Gasteiger partial charge in [0.15, 0.2) is 0 Å². The minimum absolute atomic E-state index is 0.130. The molecule has 128 valence electrons. The molecule has 6 heteroatoms. The zero-order chi connectivity index (χ0) is 17.2. The Morgan fingerprint density at radius 1 is 1.12 bits per heavy atom. The van der Waals surface area contributed by atoms with Crippen LogP contribution < -0.4 is 5.32 Å². The summed E-state index contributed by atoms with van der Waals surface area (Å²) in [4.78, 5) is 18.9. The maximum Gasteiger partial charge on any atom is 0.321 e. The SMILES string of the molecule is O=C(Nc1ccc(F)cc1)N1CCC(c2nc3ccccc3s2)CC1. The fraction of sp³-hybridized carbons (Fsp3) is 0.263. The minimum Gasteiger partial charge on any atom is -0.324 e. The lowest BCUT2D eigenvalue weighted by Gasteiger charge is -2.31. The molecule has 1 saturated heterocycles. The van der Waals surface area contributed by atoms with E-state index in [4.69, 9.17) is 4.98 Å². The molecule has 2 heterocycles. The fourth-order valence-corrected chi connectivity index (χ4v) is 4.27. The monoisotopic (exact) mass is 355 g/mol. The number of rotatable bonds is 2. The van der Waals surface area contributed by atoms with Gasteiger partial charge in [0.25, 0.3) is 0 Å². The van der Waals surface area contributed by atoms with Crippen molar-refractivity contribution in [2.75, 3.05) is 18.4 Å². The highest BCUT2D eigenvalue weighted by molar-refractivity contribution is 7.18.